The molecule has 0 bridgehead atoms. The molecule has 0 aromatic heterocycles. The van der Waals surface area contributed by atoms with Crippen molar-refractivity contribution in [1.29, 1.82) is 0 Å². The summed E-state index contributed by atoms with van der Waals surface area (Å²) < 4.78 is 0. The summed E-state index contributed by atoms with van der Waals surface area (Å²) in [7, 11) is 0. The summed E-state index contributed by atoms with van der Waals surface area (Å²) in [6.07, 6.45) is 9.47. The summed E-state index contributed by atoms with van der Waals surface area (Å²) >= 11 is 0. The molecule has 2 heterocycles. The molecule has 0 aromatic carbocycles. The molecule has 3 rings (SSSR count). The zero-order chi connectivity index (χ0) is 15.4. The van der Waals surface area contributed by atoms with Crippen LogP contribution >= 0.6 is 0 Å². The number of hydrogen-bond acceptors (Lipinski definition) is 4. The molecule has 2 unspecified atom stereocenters. The SMILES string of the molecule is CC(=NC1CCCCC1N=C(C)C1=NCCC1)C1=NCCC1. The molecule has 0 amide bonds. The van der Waals surface area contributed by atoms with Gasteiger partial charge in [-0.1, -0.05) is 12.8 Å². The van der Waals surface area contributed by atoms with Crippen LogP contribution in [0.1, 0.15) is 65.2 Å². The first-order valence-electron chi connectivity index (χ1n) is 8.90. The standard InChI is InChI=1S/C18H28N4/c1-13(15-9-5-11-19-15)21-17-7-3-4-8-18(17)22-14(2)16-10-6-12-20-16/h17-18H,3-12H2,1-2H3. The van der Waals surface area contributed by atoms with Gasteiger partial charge in [0.05, 0.1) is 34.9 Å². The molecule has 120 valence electrons. The minimum absolute atomic E-state index is 0.342. The van der Waals surface area contributed by atoms with E-state index in [0.29, 0.717) is 12.1 Å². The van der Waals surface area contributed by atoms with Crippen LogP contribution in [0.2, 0.25) is 0 Å². The van der Waals surface area contributed by atoms with Crippen molar-refractivity contribution in [2.24, 2.45) is 20.0 Å². The first-order chi connectivity index (χ1) is 10.7. The smallest absolute Gasteiger partial charge is 0.0726 e. The van der Waals surface area contributed by atoms with Crippen molar-refractivity contribution < 1.29 is 0 Å². The molecule has 22 heavy (non-hydrogen) atoms. The molecule has 1 fully saturated rings. The largest absolute Gasteiger partial charge is 0.288 e. The summed E-state index contributed by atoms with van der Waals surface area (Å²) in [6.45, 7) is 6.22. The number of aliphatic imine (C=N–C) groups is 4. The molecular formula is C18H28N4. The summed E-state index contributed by atoms with van der Waals surface area (Å²) in [5.41, 5.74) is 4.76. The van der Waals surface area contributed by atoms with E-state index in [4.69, 9.17) is 9.98 Å². The lowest BCUT2D eigenvalue weighted by Crippen LogP contribution is -2.30. The van der Waals surface area contributed by atoms with E-state index >= 15 is 0 Å². The van der Waals surface area contributed by atoms with Gasteiger partial charge in [0.1, 0.15) is 0 Å². The van der Waals surface area contributed by atoms with Crippen LogP contribution in [0.25, 0.3) is 0 Å². The maximum absolute atomic E-state index is 5.02. The topological polar surface area (TPSA) is 49.4 Å². The highest BCUT2D eigenvalue weighted by molar-refractivity contribution is 6.42. The average Bonchev–Trinajstić information content (AvgIpc) is 3.23. The van der Waals surface area contributed by atoms with Crippen LogP contribution in [0.4, 0.5) is 0 Å². The van der Waals surface area contributed by atoms with Crippen LogP contribution < -0.4 is 0 Å². The third-order valence-electron chi connectivity index (χ3n) is 5.00. The Morgan fingerprint density at radius 2 is 1.23 bits per heavy atom. The fraction of sp³-hybridized carbons (Fsp3) is 0.778. The monoisotopic (exact) mass is 300 g/mol. The van der Waals surface area contributed by atoms with Crippen molar-refractivity contribution in [3.63, 3.8) is 0 Å². The molecule has 0 spiro atoms. The van der Waals surface area contributed by atoms with Gasteiger partial charge in [-0.25, -0.2) is 0 Å². The van der Waals surface area contributed by atoms with E-state index in [1.54, 1.807) is 0 Å². The van der Waals surface area contributed by atoms with Crippen molar-refractivity contribution in [3.8, 4) is 0 Å². The van der Waals surface area contributed by atoms with E-state index in [1.165, 1.54) is 49.9 Å². The van der Waals surface area contributed by atoms with Crippen LogP contribution in [0.15, 0.2) is 20.0 Å². The summed E-state index contributed by atoms with van der Waals surface area (Å²) in [6, 6.07) is 0.683. The lowest BCUT2D eigenvalue weighted by Gasteiger charge is -2.27. The van der Waals surface area contributed by atoms with Crippen molar-refractivity contribution in [2.75, 3.05) is 13.1 Å². The van der Waals surface area contributed by atoms with E-state index in [0.717, 1.165) is 37.4 Å². The zero-order valence-corrected chi connectivity index (χ0v) is 14.0. The normalized spacial score (nSPS) is 30.5. The maximum Gasteiger partial charge on any atom is 0.0726 e. The van der Waals surface area contributed by atoms with Gasteiger partial charge in [-0.05, 0) is 52.4 Å². The molecule has 1 aliphatic carbocycles. The van der Waals surface area contributed by atoms with Crippen LogP contribution in [-0.4, -0.2) is 48.0 Å². The quantitative estimate of drug-likeness (QED) is 0.711. The Kier molecular flexibility index (Phi) is 5.16. The van der Waals surface area contributed by atoms with Gasteiger partial charge in [0.25, 0.3) is 0 Å². The van der Waals surface area contributed by atoms with Crippen LogP contribution in [0.3, 0.4) is 0 Å². The minimum atomic E-state index is 0.342. The summed E-state index contributed by atoms with van der Waals surface area (Å²) in [5.74, 6) is 0. The van der Waals surface area contributed by atoms with E-state index in [1.807, 2.05) is 0 Å². The molecule has 2 atom stereocenters. The highest BCUT2D eigenvalue weighted by atomic mass is 14.9. The van der Waals surface area contributed by atoms with Gasteiger partial charge in [-0.15, -0.1) is 0 Å². The highest BCUT2D eigenvalue weighted by Gasteiger charge is 2.25. The van der Waals surface area contributed by atoms with Crippen LogP contribution in [0.5, 0.6) is 0 Å². The molecule has 1 saturated carbocycles. The summed E-state index contributed by atoms with van der Waals surface area (Å²) in [5, 5.41) is 0. The lowest BCUT2D eigenvalue weighted by molar-refractivity contribution is 0.389. The van der Waals surface area contributed by atoms with E-state index in [2.05, 4.69) is 23.8 Å². The second-order valence-corrected chi connectivity index (χ2v) is 6.71. The Hall–Kier alpha value is -1.32. The van der Waals surface area contributed by atoms with Gasteiger partial charge < -0.3 is 0 Å². The van der Waals surface area contributed by atoms with E-state index in [9.17, 15) is 0 Å². The van der Waals surface area contributed by atoms with Gasteiger partial charge in [-0.2, -0.15) is 0 Å². The molecular weight excluding hydrogens is 272 g/mol. The first-order valence-corrected chi connectivity index (χ1v) is 8.90. The third kappa shape index (κ3) is 3.71. The maximum atomic E-state index is 5.02. The zero-order valence-electron chi connectivity index (χ0n) is 14.0. The van der Waals surface area contributed by atoms with Gasteiger partial charge in [0.2, 0.25) is 0 Å². The third-order valence-corrected chi connectivity index (χ3v) is 5.00. The molecule has 0 radical (unpaired) electrons. The summed E-state index contributed by atoms with van der Waals surface area (Å²) in [4.78, 5) is 19.2. The predicted octanol–water partition coefficient (Wildman–Crippen LogP) is 3.69. The molecule has 4 heteroatoms. The van der Waals surface area contributed by atoms with Crippen molar-refractivity contribution in [2.45, 2.75) is 77.3 Å². The highest BCUT2D eigenvalue weighted by Crippen LogP contribution is 2.25. The number of rotatable bonds is 4. The van der Waals surface area contributed by atoms with Gasteiger partial charge >= 0.3 is 0 Å². The predicted molar refractivity (Wildman–Crippen MR) is 95.3 cm³/mol. The van der Waals surface area contributed by atoms with Gasteiger partial charge in [-0.3, -0.25) is 20.0 Å². The fourth-order valence-electron chi connectivity index (χ4n) is 3.71. The Balaban J connectivity index is 1.73. The Morgan fingerprint density at radius 3 is 1.59 bits per heavy atom. The first kappa shape index (κ1) is 15.6. The van der Waals surface area contributed by atoms with Crippen LogP contribution in [0, 0.1) is 0 Å². The van der Waals surface area contributed by atoms with E-state index in [-0.39, 0.29) is 0 Å². The number of hydrogen-bond donors (Lipinski definition) is 0. The van der Waals surface area contributed by atoms with Gasteiger partial charge in [0.15, 0.2) is 0 Å². The lowest BCUT2D eigenvalue weighted by atomic mass is 9.90. The Morgan fingerprint density at radius 1 is 0.773 bits per heavy atom. The molecule has 0 saturated heterocycles. The Labute approximate surface area is 134 Å². The second-order valence-electron chi connectivity index (χ2n) is 6.71. The Bertz CT molecular complexity index is 479. The van der Waals surface area contributed by atoms with Crippen LogP contribution in [-0.2, 0) is 0 Å². The molecule has 4 nitrogen and oxygen atoms in total. The van der Waals surface area contributed by atoms with Crippen molar-refractivity contribution in [1.82, 2.24) is 0 Å². The van der Waals surface area contributed by atoms with Gasteiger partial charge in [0, 0.05) is 13.1 Å². The average molecular weight is 300 g/mol. The minimum Gasteiger partial charge on any atom is -0.288 e. The molecule has 3 aliphatic rings. The second kappa shape index (κ2) is 7.30. The molecule has 2 aliphatic heterocycles. The molecule has 0 N–H and O–H groups in total. The number of nitrogens with zero attached hydrogens (tertiary/aromatic N) is 4. The van der Waals surface area contributed by atoms with E-state index < -0.39 is 0 Å². The molecule has 0 aromatic rings. The fourth-order valence-corrected chi connectivity index (χ4v) is 3.71. The van der Waals surface area contributed by atoms with Crippen molar-refractivity contribution >= 4 is 22.8 Å². The van der Waals surface area contributed by atoms with Crippen molar-refractivity contribution in [3.05, 3.63) is 0 Å².